The number of sulfonamides is 1. The van der Waals surface area contributed by atoms with E-state index in [9.17, 15) is 8.42 Å². The minimum Gasteiger partial charge on any atom is -0.393 e. The van der Waals surface area contributed by atoms with Crippen molar-refractivity contribution in [2.45, 2.75) is 11.3 Å². The van der Waals surface area contributed by atoms with Gasteiger partial charge in [-0.05, 0) is 6.07 Å². The maximum Gasteiger partial charge on any atom is 0.242 e. The quantitative estimate of drug-likeness (QED) is 0.815. The summed E-state index contributed by atoms with van der Waals surface area (Å²) in [7, 11) is -3.64. The summed E-state index contributed by atoms with van der Waals surface area (Å²) in [6.45, 7) is 0.140. The Hall–Kier alpha value is 0.0800. The van der Waals surface area contributed by atoms with Crippen molar-refractivity contribution in [2.24, 2.45) is 5.73 Å². The highest BCUT2D eigenvalue weighted by atomic mass is 35.5. The molecule has 3 N–H and O–H groups in total. The first-order valence-corrected chi connectivity index (χ1v) is 7.52. The monoisotopic (exact) mass is 318 g/mol. The Morgan fingerprint density at radius 2 is 2.19 bits per heavy atom. The average Bonchev–Trinajstić information content (AvgIpc) is 2.44. The Bertz CT molecular complexity index is 498. The van der Waals surface area contributed by atoms with Crippen molar-refractivity contribution in [2.75, 3.05) is 6.54 Å². The number of thiocarbonyl (C=S) groups is 1. The van der Waals surface area contributed by atoms with Crippen molar-refractivity contribution in [3.8, 4) is 0 Å². The van der Waals surface area contributed by atoms with E-state index in [1.165, 1.54) is 6.07 Å². The molecular weight excluding hydrogens is 311 g/mol. The third-order valence-electron chi connectivity index (χ3n) is 1.58. The molecule has 0 aromatic carbocycles. The van der Waals surface area contributed by atoms with E-state index in [0.717, 1.165) is 11.3 Å². The predicted molar refractivity (Wildman–Crippen MR) is 70.9 cm³/mol. The van der Waals surface area contributed by atoms with Crippen molar-refractivity contribution in [1.29, 1.82) is 0 Å². The molecule has 0 aliphatic rings. The standard InChI is InChI=1S/C7H8Cl2N2O2S3/c8-5-3-4(7(9)15-5)16(12,13)11-2-1-6(10)14/h3,11H,1-2H2,(H2,10,14). The smallest absolute Gasteiger partial charge is 0.242 e. The molecule has 0 saturated carbocycles. The molecule has 0 unspecified atom stereocenters. The number of halogens is 2. The second kappa shape index (κ2) is 5.61. The van der Waals surface area contributed by atoms with E-state index in [2.05, 4.69) is 16.9 Å². The van der Waals surface area contributed by atoms with Gasteiger partial charge in [0.05, 0.1) is 9.32 Å². The molecule has 9 heteroatoms. The lowest BCUT2D eigenvalue weighted by Crippen LogP contribution is -2.27. The maximum atomic E-state index is 11.7. The van der Waals surface area contributed by atoms with E-state index in [4.69, 9.17) is 28.9 Å². The molecule has 0 spiro atoms. The number of nitrogens with one attached hydrogen (secondary N) is 1. The molecule has 1 rings (SSSR count). The van der Waals surface area contributed by atoms with Gasteiger partial charge in [-0.2, -0.15) is 0 Å². The first-order valence-electron chi connectivity index (χ1n) is 4.06. The highest BCUT2D eigenvalue weighted by Crippen LogP contribution is 2.33. The molecule has 1 aromatic rings. The fourth-order valence-electron chi connectivity index (χ4n) is 0.895. The molecule has 0 aliphatic carbocycles. The third-order valence-corrected chi connectivity index (χ3v) is 5.00. The molecule has 0 radical (unpaired) electrons. The Morgan fingerprint density at radius 3 is 2.62 bits per heavy atom. The number of nitrogens with two attached hydrogens (primary N) is 1. The fourth-order valence-corrected chi connectivity index (χ4v) is 4.18. The van der Waals surface area contributed by atoms with Crippen molar-refractivity contribution in [3.63, 3.8) is 0 Å². The molecule has 16 heavy (non-hydrogen) atoms. The van der Waals surface area contributed by atoms with E-state index in [1.54, 1.807) is 0 Å². The lowest BCUT2D eigenvalue weighted by molar-refractivity contribution is 0.583. The van der Waals surface area contributed by atoms with E-state index in [0.29, 0.717) is 10.8 Å². The Morgan fingerprint density at radius 1 is 1.56 bits per heavy atom. The third kappa shape index (κ3) is 3.83. The van der Waals surface area contributed by atoms with Crippen LogP contribution in [0.2, 0.25) is 8.67 Å². The molecule has 0 atom stereocenters. The molecule has 0 aliphatic heterocycles. The summed E-state index contributed by atoms with van der Waals surface area (Å²) in [5.74, 6) is 0. The minimum atomic E-state index is -3.64. The summed E-state index contributed by atoms with van der Waals surface area (Å²) in [6, 6.07) is 1.30. The molecule has 1 heterocycles. The molecule has 0 saturated heterocycles. The highest BCUT2D eigenvalue weighted by molar-refractivity contribution is 7.89. The largest absolute Gasteiger partial charge is 0.393 e. The maximum absolute atomic E-state index is 11.7. The minimum absolute atomic E-state index is 0.0212. The molecular formula is C7H8Cl2N2O2S3. The van der Waals surface area contributed by atoms with Crippen molar-refractivity contribution in [3.05, 3.63) is 14.7 Å². The van der Waals surface area contributed by atoms with Crippen LogP contribution >= 0.6 is 46.8 Å². The predicted octanol–water partition coefficient (Wildman–Crippen LogP) is 2.01. The van der Waals surface area contributed by atoms with Crippen LogP contribution in [0.15, 0.2) is 11.0 Å². The van der Waals surface area contributed by atoms with Crippen molar-refractivity contribution < 1.29 is 8.42 Å². The van der Waals surface area contributed by atoms with E-state index in [-0.39, 0.29) is 20.8 Å². The Labute approximate surface area is 113 Å². The van der Waals surface area contributed by atoms with Gasteiger partial charge in [-0.3, -0.25) is 0 Å². The molecule has 0 fully saturated rings. The van der Waals surface area contributed by atoms with Gasteiger partial charge in [0.15, 0.2) is 0 Å². The van der Waals surface area contributed by atoms with Gasteiger partial charge >= 0.3 is 0 Å². The van der Waals surface area contributed by atoms with Crippen LogP contribution in [0.1, 0.15) is 6.42 Å². The highest BCUT2D eigenvalue weighted by Gasteiger charge is 2.20. The summed E-state index contributed by atoms with van der Waals surface area (Å²) in [5, 5.41) is 0. The van der Waals surface area contributed by atoms with Gasteiger partial charge in [0.2, 0.25) is 10.0 Å². The van der Waals surface area contributed by atoms with Crippen LogP contribution in [0, 0.1) is 0 Å². The van der Waals surface area contributed by atoms with Gasteiger partial charge in [0.25, 0.3) is 0 Å². The first-order chi connectivity index (χ1) is 7.33. The zero-order valence-electron chi connectivity index (χ0n) is 7.87. The van der Waals surface area contributed by atoms with Crippen LogP contribution in [-0.2, 0) is 10.0 Å². The number of rotatable bonds is 5. The van der Waals surface area contributed by atoms with Crippen LogP contribution in [0.3, 0.4) is 0 Å². The topological polar surface area (TPSA) is 72.2 Å². The van der Waals surface area contributed by atoms with Crippen molar-refractivity contribution in [1.82, 2.24) is 4.72 Å². The summed E-state index contributed by atoms with van der Waals surface area (Å²) in [5.41, 5.74) is 5.25. The molecule has 0 amide bonds. The molecule has 1 aromatic heterocycles. The number of hydrogen-bond acceptors (Lipinski definition) is 4. The SMILES string of the molecule is NC(=S)CCNS(=O)(=O)c1cc(Cl)sc1Cl. The summed E-state index contributed by atoms with van der Waals surface area (Å²) in [6.07, 6.45) is 0.296. The second-order valence-corrected chi connectivity index (χ2v) is 7.35. The van der Waals surface area contributed by atoms with Crippen LogP contribution < -0.4 is 10.5 Å². The van der Waals surface area contributed by atoms with Gasteiger partial charge in [0.1, 0.15) is 9.23 Å². The molecule has 90 valence electrons. The summed E-state index contributed by atoms with van der Waals surface area (Å²) in [4.78, 5) is 0.226. The first kappa shape index (κ1) is 14.1. The van der Waals surface area contributed by atoms with Crippen molar-refractivity contribution >= 4 is 61.8 Å². The van der Waals surface area contributed by atoms with Crippen LogP contribution in [0.25, 0.3) is 0 Å². The Balaban J connectivity index is 2.78. The lowest BCUT2D eigenvalue weighted by Gasteiger charge is -2.04. The van der Waals surface area contributed by atoms with Gasteiger partial charge in [-0.15, -0.1) is 11.3 Å². The van der Waals surface area contributed by atoms with Gasteiger partial charge in [-0.1, -0.05) is 35.4 Å². The van der Waals surface area contributed by atoms with Gasteiger partial charge < -0.3 is 5.73 Å². The normalized spacial score (nSPS) is 11.6. The van der Waals surface area contributed by atoms with Crippen LogP contribution in [0.5, 0.6) is 0 Å². The zero-order chi connectivity index (χ0) is 12.3. The van der Waals surface area contributed by atoms with Crippen LogP contribution in [-0.4, -0.2) is 20.0 Å². The van der Waals surface area contributed by atoms with E-state index < -0.39 is 10.0 Å². The van der Waals surface area contributed by atoms with Crippen LogP contribution in [0.4, 0.5) is 0 Å². The van der Waals surface area contributed by atoms with E-state index in [1.807, 2.05) is 0 Å². The zero-order valence-corrected chi connectivity index (χ0v) is 11.8. The average molecular weight is 319 g/mol. The fraction of sp³-hybridized carbons (Fsp3) is 0.286. The number of hydrogen-bond donors (Lipinski definition) is 2. The molecule has 4 nitrogen and oxygen atoms in total. The molecule has 0 bridgehead atoms. The number of thiophene rings is 1. The van der Waals surface area contributed by atoms with Gasteiger partial charge in [-0.25, -0.2) is 13.1 Å². The summed E-state index contributed by atoms with van der Waals surface area (Å²) >= 11 is 17.0. The second-order valence-electron chi connectivity index (χ2n) is 2.80. The lowest BCUT2D eigenvalue weighted by atomic mass is 10.4. The Kier molecular flexibility index (Phi) is 4.96. The summed E-state index contributed by atoms with van der Waals surface area (Å²) < 4.78 is 26.2. The van der Waals surface area contributed by atoms with Gasteiger partial charge in [0, 0.05) is 13.0 Å². The van der Waals surface area contributed by atoms with E-state index >= 15 is 0 Å².